The maximum atomic E-state index is 12.3. The van der Waals surface area contributed by atoms with Gasteiger partial charge in [-0.1, -0.05) is 23.4 Å². The van der Waals surface area contributed by atoms with E-state index in [0.29, 0.717) is 30.6 Å². The Morgan fingerprint density at radius 1 is 1.15 bits per heavy atom. The van der Waals surface area contributed by atoms with Gasteiger partial charge >= 0.3 is 0 Å². The van der Waals surface area contributed by atoms with Crippen molar-refractivity contribution in [3.8, 4) is 11.6 Å². The summed E-state index contributed by atoms with van der Waals surface area (Å²) in [7, 11) is -3.46. The molecular weight excluding hydrogens is 370 g/mol. The van der Waals surface area contributed by atoms with Gasteiger partial charge in [-0.05, 0) is 24.3 Å². The van der Waals surface area contributed by atoms with E-state index in [2.05, 4.69) is 10.1 Å². The number of hydrogen-bond acceptors (Lipinski definition) is 7. The van der Waals surface area contributed by atoms with Gasteiger partial charge in [0.25, 0.3) is 0 Å². The summed E-state index contributed by atoms with van der Waals surface area (Å²) in [5.41, 5.74) is 0. The minimum absolute atomic E-state index is 0.0455. The van der Waals surface area contributed by atoms with Crippen LogP contribution in [0, 0.1) is 0 Å². The van der Waals surface area contributed by atoms with Crippen LogP contribution in [0.25, 0.3) is 11.6 Å². The van der Waals surface area contributed by atoms with Crippen LogP contribution in [0.2, 0.25) is 0 Å². The topological polar surface area (TPSA) is 107 Å². The lowest BCUT2D eigenvalue weighted by Crippen LogP contribution is -2.48. The maximum Gasteiger partial charge on any atom is 0.238 e. The third-order valence-electron chi connectivity index (χ3n) is 4.45. The third kappa shape index (κ3) is 3.63. The van der Waals surface area contributed by atoms with Crippen LogP contribution in [0.15, 0.2) is 62.6 Å². The smallest absolute Gasteiger partial charge is 0.238 e. The molecule has 0 saturated carbocycles. The molecule has 0 unspecified atom stereocenters. The Bertz CT molecular complexity index is 1020. The summed E-state index contributed by atoms with van der Waals surface area (Å²) in [5.74, 6) is 0.882. The molecule has 27 heavy (non-hydrogen) atoms. The average Bonchev–Trinajstić information content (AvgIpc) is 3.31. The number of amides is 1. The van der Waals surface area contributed by atoms with Gasteiger partial charge in [0.1, 0.15) is 0 Å². The number of furan rings is 1. The molecular formula is C18H17N3O5S. The van der Waals surface area contributed by atoms with Crippen LogP contribution in [-0.4, -0.2) is 48.2 Å². The quantitative estimate of drug-likeness (QED) is 0.638. The van der Waals surface area contributed by atoms with Crippen LogP contribution in [0.3, 0.4) is 0 Å². The van der Waals surface area contributed by atoms with Gasteiger partial charge in [-0.3, -0.25) is 4.79 Å². The van der Waals surface area contributed by atoms with Gasteiger partial charge in [0.15, 0.2) is 15.6 Å². The number of nitrogens with zero attached hydrogens (tertiary/aromatic N) is 3. The SMILES string of the molecule is O=C(CCS(=O)(=O)c1ccccc1)N1CC(c2nc(-c3ccco3)no2)C1. The normalized spacial score (nSPS) is 14.9. The molecule has 1 aliphatic rings. The number of carbonyl (C=O) groups is 1. The minimum Gasteiger partial charge on any atom is -0.461 e. The first kappa shape index (κ1) is 17.5. The summed E-state index contributed by atoms with van der Waals surface area (Å²) >= 11 is 0. The summed E-state index contributed by atoms with van der Waals surface area (Å²) in [6.07, 6.45) is 1.48. The molecule has 1 saturated heterocycles. The monoisotopic (exact) mass is 387 g/mol. The first-order valence-electron chi connectivity index (χ1n) is 8.46. The lowest BCUT2D eigenvalue weighted by molar-refractivity contribution is -0.135. The van der Waals surface area contributed by atoms with Crippen molar-refractivity contribution in [2.75, 3.05) is 18.8 Å². The van der Waals surface area contributed by atoms with Crippen molar-refractivity contribution in [1.29, 1.82) is 0 Å². The van der Waals surface area contributed by atoms with E-state index in [1.165, 1.54) is 18.4 Å². The van der Waals surface area contributed by atoms with E-state index in [4.69, 9.17) is 8.94 Å². The van der Waals surface area contributed by atoms with E-state index in [9.17, 15) is 13.2 Å². The highest BCUT2D eigenvalue weighted by Crippen LogP contribution is 2.28. The number of carbonyl (C=O) groups excluding carboxylic acids is 1. The van der Waals surface area contributed by atoms with Crippen molar-refractivity contribution in [3.05, 3.63) is 54.6 Å². The Hall–Kier alpha value is -2.94. The van der Waals surface area contributed by atoms with Gasteiger partial charge < -0.3 is 13.8 Å². The number of sulfone groups is 1. The number of benzene rings is 1. The molecule has 0 bridgehead atoms. The van der Waals surface area contributed by atoms with Crippen LogP contribution >= 0.6 is 0 Å². The number of hydrogen-bond donors (Lipinski definition) is 0. The molecule has 0 spiro atoms. The molecule has 3 heterocycles. The number of aromatic nitrogens is 2. The van der Waals surface area contributed by atoms with Gasteiger partial charge in [-0.15, -0.1) is 0 Å². The molecule has 0 atom stereocenters. The molecule has 2 aromatic heterocycles. The predicted molar refractivity (Wildman–Crippen MR) is 94.4 cm³/mol. The lowest BCUT2D eigenvalue weighted by atomic mass is 10.00. The molecule has 0 aliphatic carbocycles. The molecule has 4 rings (SSSR count). The first-order chi connectivity index (χ1) is 13.0. The van der Waals surface area contributed by atoms with E-state index >= 15 is 0 Å². The second-order valence-electron chi connectivity index (χ2n) is 6.31. The zero-order chi connectivity index (χ0) is 18.9. The minimum atomic E-state index is -3.46. The molecule has 0 N–H and O–H groups in total. The Balaban J connectivity index is 1.30. The first-order valence-corrected chi connectivity index (χ1v) is 10.1. The summed E-state index contributed by atoms with van der Waals surface area (Å²) in [6.45, 7) is 0.869. The van der Waals surface area contributed by atoms with Crippen molar-refractivity contribution in [1.82, 2.24) is 15.0 Å². The second-order valence-corrected chi connectivity index (χ2v) is 8.42. The molecule has 140 valence electrons. The van der Waals surface area contributed by atoms with Crippen molar-refractivity contribution in [2.45, 2.75) is 17.2 Å². The van der Waals surface area contributed by atoms with Crippen LogP contribution in [0.1, 0.15) is 18.2 Å². The number of likely N-dealkylation sites (tertiary alicyclic amines) is 1. The van der Waals surface area contributed by atoms with Crippen molar-refractivity contribution in [3.63, 3.8) is 0 Å². The molecule has 1 aliphatic heterocycles. The summed E-state index contributed by atoms with van der Waals surface area (Å²) < 4.78 is 35.0. The van der Waals surface area contributed by atoms with E-state index in [0.717, 1.165) is 0 Å². The van der Waals surface area contributed by atoms with Crippen LogP contribution in [-0.2, 0) is 14.6 Å². The average molecular weight is 387 g/mol. The van der Waals surface area contributed by atoms with E-state index < -0.39 is 9.84 Å². The highest BCUT2D eigenvalue weighted by molar-refractivity contribution is 7.91. The van der Waals surface area contributed by atoms with Crippen LogP contribution in [0.4, 0.5) is 0 Å². The molecule has 8 nitrogen and oxygen atoms in total. The predicted octanol–water partition coefficient (Wildman–Crippen LogP) is 2.12. The van der Waals surface area contributed by atoms with E-state index in [-0.39, 0.29) is 28.9 Å². The van der Waals surface area contributed by atoms with Gasteiger partial charge in [-0.25, -0.2) is 8.42 Å². The fourth-order valence-electron chi connectivity index (χ4n) is 2.87. The highest BCUT2D eigenvalue weighted by atomic mass is 32.2. The Kier molecular flexibility index (Phi) is 4.53. The molecule has 9 heteroatoms. The Morgan fingerprint density at radius 3 is 2.63 bits per heavy atom. The standard InChI is InChI=1S/C18H17N3O5S/c22-16(8-10-27(23,24)14-5-2-1-3-6-14)21-11-13(12-21)18-19-17(20-26-18)15-7-4-9-25-15/h1-7,9,13H,8,10-12H2. The summed E-state index contributed by atoms with van der Waals surface area (Å²) in [4.78, 5) is 18.4. The number of rotatable bonds is 6. The van der Waals surface area contributed by atoms with Gasteiger partial charge in [0.05, 0.1) is 22.8 Å². The van der Waals surface area contributed by atoms with Gasteiger partial charge in [0, 0.05) is 19.5 Å². The molecule has 1 fully saturated rings. The van der Waals surface area contributed by atoms with E-state index in [1.54, 1.807) is 35.2 Å². The van der Waals surface area contributed by atoms with Crippen LogP contribution in [0.5, 0.6) is 0 Å². The van der Waals surface area contributed by atoms with Gasteiger partial charge in [0.2, 0.25) is 17.6 Å². The highest BCUT2D eigenvalue weighted by Gasteiger charge is 2.36. The second kappa shape index (κ2) is 6.99. The fraction of sp³-hybridized carbons (Fsp3) is 0.278. The van der Waals surface area contributed by atoms with Gasteiger partial charge in [-0.2, -0.15) is 4.98 Å². The van der Waals surface area contributed by atoms with Crippen LogP contribution < -0.4 is 0 Å². The van der Waals surface area contributed by atoms with Crippen molar-refractivity contribution in [2.24, 2.45) is 0 Å². The Morgan fingerprint density at radius 2 is 1.93 bits per heavy atom. The molecule has 1 aromatic carbocycles. The van der Waals surface area contributed by atoms with Crippen molar-refractivity contribution < 1.29 is 22.2 Å². The maximum absolute atomic E-state index is 12.3. The zero-order valence-corrected chi connectivity index (χ0v) is 15.1. The lowest BCUT2D eigenvalue weighted by Gasteiger charge is -2.37. The third-order valence-corrected chi connectivity index (χ3v) is 6.19. The summed E-state index contributed by atoms with van der Waals surface area (Å²) in [6, 6.07) is 11.6. The molecule has 1 amide bonds. The summed E-state index contributed by atoms with van der Waals surface area (Å²) in [5, 5.41) is 3.87. The zero-order valence-electron chi connectivity index (χ0n) is 14.3. The largest absolute Gasteiger partial charge is 0.461 e. The van der Waals surface area contributed by atoms with E-state index in [1.807, 2.05) is 0 Å². The van der Waals surface area contributed by atoms with Crippen molar-refractivity contribution >= 4 is 15.7 Å². The fourth-order valence-corrected chi connectivity index (χ4v) is 4.12. The molecule has 0 radical (unpaired) electrons. The Labute approximate surface area is 155 Å². The molecule has 3 aromatic rings.